The zero-order valence-electron chi connectivity index (χ0n) is 14.9. The highest BCUT2D eigenvalue weighted by atomic mass is 32.1. The first-order valence-electron chi connectivity index (χ1n) is 8.70. The van der Waals surface area contributed by atoms with Crippen molar-refractivity contribution in [3.05, 3.63) is 71.2 Å². The number of hydrogen-bond donors (Lipinski definition) is 2. The van der Waals surface area contributed by atoms with Crippen LogP contribution < -0.4 is 15.4 Å². The van der Waals surface area contributed by atoms with E-state index in [-0.39, 0.29) is 11.7 Å². The van der Waals surface area contributed by atoms with Gasteiger partial charge in [-0.15, -0.1) is 11.3 Å². The molecule has 1 heterocycles. The van der Waals surface area contributed by atoms with E-state index in [1.54, 1.807) is 17.5 Å². The molecule has 5 nitrogen and oxygen atoms in total. The first kappa shape index (κ1) is 19.8. The van der Waals surface area contributed by atoms with E-state index in [1.165, 1.54) is 29.0 Å². The van der Waals surface area contributed by atoms with E-state index >= 15 is 0 Å². The number of hydrogen-bond acceptors (Lipinski definition) is 5. The minimum Gasteiger partial charge on any atom is -0.435 e. The van der Waals surface area contributed by atoms with Crippen LogP contribution in [-0.2, 0) is 6.42 Å². The molecule has 0 unspecified atom stereocenters. The van der Waals surface area contributed by atoms with Crippen LogP contribution in [0.2, 0.25) is 0 Å². The van der Waals surface area contributed by atoms with Crippen molar-refractivity contribution in [2.24, 2.45) is 0 Å². The van der Waals surface area contributed by atoms with Crippen molar-refractivity contribution in [3.63, 3.8) is 0 Å². The first-order valence-corrected chi connectivity index (χ1v) is 9.57. The van der Waals surface area contributed by atoms with Gasteiger partial charge in [-0.3, -0.25) is 4.79 Å². The van der Waals surface area contributed by atoms with Gasteiger partial charge in [-0.25, -0.2) is 4.98 Å². The summed E-state index contributed by atoms with van der Waals surface area (Å²) in [4.78, 5) is 16.4. The van der Waals surface area contributed by atoms with Gasteiger partial charge < -0.3 is 15.4 Å². The Bertz CT molecular complexity index is 886. The second-order valence-corrected chi connectivity index (χ2v) is 6.77. The summed E-state index contributed by atoms with van der Waals surface area (Å²) in [7, 11) is 0. The van der Waals surface area contributed by atoms with Gasteiger partial charge in [-0.05, 0) is 42.7 Å². The van der Waals surface area contributed by atoms with Gasteiger partial charge in [0.1, 0.15) is 11.4 Å². The minimum absolute atomic E-state index is 0.0789. The van der Waals surface area contributed by atoms with Gasteiger partial charge in [0.2, 0.25) is 0 Å². The number of carbonyl (C=O) groups is 1. The van der Waals surface area contributed by atoms with Gasteiger partial charge >= 0.3 is 6.61 Å². The number of nitrogens with zero attached hydrogens (tertiary/aromatic N) is 1. The van der Waals surface area contributed by atoms with Crippen LogP contribution >= 0.6 is 11.3 Å². The number of alkyl halides is 2. The van der Waals surface area contributed by atoms with E-state index in [2.05, 4.69) is 32.5 Å². The maximum Gasteiger partial charge on any atom is 0.387 e. The molecule has 0 aliphatic rings. The molecule has 8 heteroatoms. The molecule has 1 aromatic heterocycles. The summed E-state index contributed by atoms with van der Waals surface area (Å²) in [5, 5.41) is 8.10. The molecular weight excluding hydrogens is 384 g/mol. The van der Waals surface area contributed by atoms with Crippen molar-refractivity contribution < 1.29 is 18.3 Å². The fraction of sp³-hybridized carbons (Fsp3) is 0.200. The van der Waals surface area contributed by atoms with Crippen molar-refractivity contribution in [3.8, 4) is 5.75 Å². The Morgan fingerprint density at radius 2 is 1.86 bits per heavy atom. The number of ether oxygens (including phenoxy) is 1. The van der Waals surface area contributed by atoms with Crippen molar-refractivity contribution in [1.29, 1.82) is 0 Å². The maximum atomic E-state index is 12.2. The lowest BCUT2D eigenvalue weighted by Crippen LogP contribution is -2.25. The Kier molecular flexibility index (Phi) is 6.91. The van der Waals surface area contributed by atoms with E-state index in [9.17, 15) is 13.6 Å². The Hall–Kier alpha value is -3.00. The quantitative estimate of drug-likeness (QED) is 0.502. The van der Waals surface area contributed by atoms with Gasteiger partial charge in [0.05, 0.1) is 0 Å². The zero-order chi connectivity index (χ0) is 19.8. The fourth-order valence-electron chi connectivity index (χ4n) is 2.51. The van der Waals surface area contributed by atoms with Crippen LogP contribution in [0.3, 0.4) is 0 Å². The van der Waals surface area contributed by atoms with Gasteiger partial charge in [0, 0.05) is 17.6 Å². The molecular formula is C20H19F2N3O2S. The molecule has 3 rings (SSSR count). The molecule has 3 aromatic rings. The Morgan fingerprint density at radius 3 is 2.57 bits per heavy atom. The third kappa shape index (κ3) is 6.02. The summed E-state index contributed by atoms with van der Waals surface area (Å²) in [6.07, 6.45) is 1.74. The molecule has 0 radical (unpaired) electrons. The predicted molar refractivity (Wildman–Crippen MR) is 106 cm³/mol. The highest BCUT2D eigenvalue weighted by Crippen LogP contribution is 2.23. The highest BCUT2D eigenvalue weighted by molar-refractivity contribution is 7.14. The number of amides is 1. The summed E-state index contributed by atoms with van der Waals surface area (Å²) in [5.74, 6) is -0.145. The molecule has 0 atom stereocenters. The van der Waals surface area contributed by atoms with E-state index < -0.39 is 6.61 Å². The van der Waals surface area contributed by atoms with E-state index in [4.69, 9.17) is 0 Å². The fourth-order valence-corrected chi connectivity index (χ4v) is 3.22. The highest BCUT2D eigenvalue weighted by Gasteiger charge is 2.11. The van der Waals surface area contributed by atoms with Crippen molar-refractivity contribution in [1.82, 2.24) is 10.3 Å². The SMILES string of the molecule is O=C(NCCCc1ccccc1)c1csc(Nc2ccc(OC(F)F)cc2)n1. The Balaban J connectivity index is 1.45. The molecule has 0 fully saturated rings. The van der Waals surface area contributed by atoms with Crippen molar-refractivity contribution in [2.75, 3.05) is 11.9 Å². The van der Waals surface area contributed by atoms with E-state index in [0.717, 1.165) is 12.8 Å². The standard InChI is InChI=1S/C20H19F2N3O2S/c21-19(22)27-16-10-8-15(9-11-16)24-20-25-17(13-28-20)18(26)23-12-4-7-14-5-2-1-3-6-14/h1-3,5-6,8-11,13,19H,4,7,12H2,(H,23,26)(H,24,25). The third-order valence-electron chi connectivity index (χ3n) is 3.84. The summed E-state index contributed by atoms with van der Waals surface area (Å²) >= 11 is 1.29. The number of aromatic nitrogens is 1. The number of nitrogens with one attached hydrogen (secondary N) is 2. The van der Waals surface area contributed by atoms with Crippen LogP contribution in [0, 0.1) is 0 Å². The first-order chi connectivity index (χ1) is 13.6. The van der Waals surface area contributed by atoms with E-state index in [1.807, 2.05) is 18.2 Å². The molecule has 0 spiro atoms. The van der Waals surface area contributed by atoms with Crippen LogP contribution in [0.4, 0.5) is 19.6 Å². The topological polar surface area (TPSA) is 63.2 Å². The van der Waals surface area contributed by atoms with Crippen molar-refractivity contribution in [2.45, 2.75) is 19.5 Å². The van der Waals surface area contributed by atoms with Crippen LogP contribution in [-0.4, -0.2) is 24.0 Å². The maximum absolute atomic E-state index is 12.2. The summed E-state index contributed by atoms with van der Waals surface area (Å²) in [5.41, 5.74) is 2.23. The minimum atomic E-state index is -2.86. The van der Waals surface area contributed by atoms with Crippen LogP contribution in [0.1, 0.15) is 22.5 Å². The Labute approximate surface area is 165 Å². The number of aryl methyl sites for hydroxylation is 1. The molecule has 2 aromatic carbocycles. The van der Waals surface area contributed by atoms with Gasteiger partial charge in [-0.2, -0.15) is 8.78 Å². The predicted octanol–water partition coefficient (Wildman–Crippen LogP) is 4.85. The molecule has 0 saturated carbocycles. The van der Waals surface area contributed by atoms with Gasteiger partial charge in [0.15, 0.2) is 5.13 Å². The summed E-state index contributed by atoms with van der Waals surface area (Å²) in [6.45, 7) is -2.29. The smallest absolute Gasteiger partial charge is 0.387 e. The number of halogens is 2. The van der Waals surface area contributed by atoms with Crippen LogP contribution in [0.25, 0.3) is 0 Å². The average Bonchev–Trinajstić information content (AvgIpc) is 3.16. The normalized spacial score (nSPS) is 10.7. The second-order valence-electron chi connectivity index (χ2n) is 5.91. The van der Waals surface area contributed by atoms with Gasteiger partial charge in [-0.1, -0.05) is 30.3 Å². The lowest BCUT2D eigenvalue weighted by Gasteiger charge is -2.06. The third-order valence-corrected chi connectivity index (χ3v) is 4.60. The molecule has 28 heavy (non-hydrogen) atoms. The molecule has 146 valence electrons. The average molecular weight is 403 g/mol. The molecule has 0 bridgehead atoms. The molecule has 0 aliphatic heterocycles. The lowest BCUT2D eigenvalue weighted by atomic mass is 10.1. The number of benzene rings is 2. The van der Waals surface area contributed by atoms with Crippen LogP contribution in [0.15, 0.2) is 60.0 Å². The van der Waals surface area contributed by atoms with Crippen molar-refractivity contribution >= 4 is 28.1 Å². The number of rotatable bonds is 9. The Morgan fingerprint density at radius 1 is 1.11 bits per heavy atom. The number of anilines is 2. The zero-order valence-corrected chi connectivity index (χ0v) is 15.7. The number of thiazole rings is 1. The summed E-state index contributed by atoms with van der Waals surface area (Å²) in [6, 6.07) is 16.2. The van der Waals surface area contributed by atoms with E-state index in [0.29, 0.717) is 23.1 Å². The van der Waals surface area contributed by atoms with Crippen LogP contribution in [0.5, 0.6) is 5.75 Å². The lowest BCUT2D eigenvalue weighted by molar-refractivity contribution is -0.0498. The van der Waals surface area contributed by atoms with Gasteiger partial charge in [0.25, 0.3) is 5.91 Å². The molecule has 1 amide bonds. The summed E-state index contributed by atoms with van der Waals surface area (Å²) < 4.78 is 28.6. The second kappa shape index (κ2) is 9.80. The monoisotopic (exact) mass is 403 g/mol. The molecule has 0 saturated heterocycles. The largest absolute Gasteiger partial charge is 0.435 e. The molecule has 2 N–H and O–H groups in total. The molecule has 0 aliphatic carbocycles. The number of carbonyl (C=O) groups excluding carboxylic acids is 1.